The molecule has 1 aromatic rings. The molecule has 0 aromatic heterocycles. The van der Waals surface area contributed by atoms with Crippen LogP contribution in [0.2, 0.25) is 0 Å². The molecule has 2 heteroatoms. The van der Waals surface area contributed by atoms with E-state index in [9.17, 15) is 0 Å². The van der Waals surface area contributed by atoms with Crippen molar-refractivity contribution in [3.05, 3.63) is 29.3 Å². The summed E-state index contributed by atoms with van der Waals surface area (Å²) in [7, 11) is 1.72. The highest BCUT2D eigenvalue weighted by Crippen LogP contribution is 2.25. The zero-order valence-electron chi connectivity index (χ0n) is 9.29. The summed E-state index contributed by atoms with van der Waals surface area (Å²) >= 11 is 0. The van der Waals surface area contributed by atoms with Crippen LogP contribution in [-0.2, 0) is 17.6 Å². The number of rotatable bonds is 5. The molecule has 82 valence electrons. The maximum absolute atomic E-state index is 5.65. The summed E-state index contributed by atoms with van der Waals surface area (Å²) in [6, 6.07) is 6.47. The standard InChI is InChI=1S/C13H18O2/c1-14-8-3-9-15-13-7-6-11-4-2-5-12(11)10-13/h6-7,10H,2-5,8-9H2,1H3. The number of ether oxygens (including phenoxy) is 2. The summed E-state index contributed by atoms with van der Waals surface area (Å²) in [6.45, 7) is 1.51. The summed E-state index contributed by atoms with van der Waals surface area (Å²) in [4.78, 5) is 0. The van der Waals surface area contributed by atoms with Gasteiger partial charge in [-0.2, -0.15) is 0 Å². The van der Waals surface area contributed by atoms with Crippen LogP contribution >= 0.6 is 0 Å². The second-order valence-electron chi connectivity index (χ2n) is 3.98. The number of aryl methyl sites for hydroxylation is 2. The van der Waals surface area contributed by atoms with Gasteiger partial charge in [0.15, 0.2) is 0 Å². The van der Waals surface area contributed by atoms with Crippen LogP contribution in [-0.4, -0.2) is 20.3 Å². The highest BCUT2D eigenvalue weighted by molar-refractivity contribution is 5.38. The number of methoxy groups -OCH3 is 1. The lowest BCUT2D eigenvalue weighted by Crippen LogP contribution is -2.01. The molecule has 0 unspecified atom stereocenters. The summed E-state index contributed by atoms with van der Waals surface area (Å²) in [5.41, 5.74) is 2.97. The SMILES string of the molecule is COCCCOc1ccc2c(c1)CCC2. The largest absolute Gasteiger partial charge is 0.493 e. The Balaban J connectivity index is 1.87. The molecule has 0 aliphatic heterocycles. The van der Waals surface area contributed by atoms with Gasteiger partial charge < -0.3 is 9.47 Å². The van der Waals surface area contributed by atoms with Gasteiger partial charge in [-0.1, -0.05) is 6.07 Å². The molecule has 0 amide bonds. The van der Waals surface area contributed by atoms with E-state index in [0.717, 1.165) is 25.4 Å². The smallest absolute Gasteiger partial charge is 0.119 e. The number of fused-ring (bicyclic) bond motifs is 1. The fraction of sp³-hybridized carbons (Fsp3) is 0.538. The third-order valence-corrected chi connectivity index (χ3v) is 2.83. The minimum absolute atomic E-state index is 0.743. The van der Waals surface area contributed by atoms with Crippen molar-refractivity contribution in [1.29, 1.82) is 0 Å². The molecule has 0 heterocycles. The van der Waals surface area contributed by atoms with Crippen LogP contribution in [0.1, 0.15) is 24.0 Å². The van der Waals surface area contributed by atoms with Crippen LogP contribution < -0.4 is 4.74 Å². The van der Waals surface area contributed by atoms with E-state index in [4.69, 9.17) is 9.47 Å². The van der Waals surface area contributed by atoms with Crippen LogP contribution in [0.25, 0.3) is 0 Å². The normalized spacial score (nSPS) is 13.9. The first kappa shape index (κ1) is 10.5. The summed E-state index contributed by atoms with van der Waals surface area (Å²) < 4.78 is 10.6. The van der Waals surface area contributed by atoms with Gasteiger partial charge in [0.05, 0.1) is 6.61 Å². The van der Waals surface area contributed by atoms with Crippen molar-refractivity contribution in [1.82, 2.24) is 0 Å². The van der Waals surface area contributed by atoms with Crippen LogP contribution in [0.3, 0.4) is 0 Å². The van der Waals surface area contributed by atoms with E-state index >= 15 is 0 Å². The lowest BCUT2D eigenvalue weighted by molar-refractivity contribution is 0.172. The first-order valence-corrected chi connectivity index (χ1v) is 5.63. The second-order valence-corrected chi connectivity index (χ2v) is 3.98. The zero-order valence-corrected chi connectivity index (χ0v) is 9.29. The Bertz CT molecular complexity index is 320. The van der Waals surface area contributed by atoms with Crippen LogP contribution in [0, 0.1) is 0 Å². The fourth-order valence-electron chi connectivity index (χ4n) is 2.03. The molecule has 15 heavy (non-hydrogen) atoms. The molecule has 0 saturated carbocycles. The molecule has 0 spiro atoms. The van der Waals surface area contributed by atoms with Gasteiger partial charge in [0.2, 0.25) is 0 Å². The lowest BCUT2D eigenvalue weighted by atomic mass is 10.1. The molecule has 0 N–H and O–H groups in total. The molecule has 0 radical (unpaired) electrons. The highest BCUT2D eigenvalue weighted by Gasteiger charge is 2.10. The van der Waals surface area contributed by atoms with Crippen LogP contribution in [0.5, 0.6) is 5.75 Å². The summed E-state index contributed by atoms with van der Waals surface area (Å²) in [5, 5.41) is 0. The number of hydrogen-bond donors (Lipinski definition) is 0. The van der Waals surface area contributed by atoms with E-state index in [1.807, 2.05) is 0 Å². The number of hydrogen-bond acceptors (Lipinski definition) is 2. The van der Waals surface area contributed by atoms with Crippen molar-refractivity contribution in [2.75, 3.05) is 20.3 Å². The molecule has 0 bridgehead atoms. The summed E-state index contributed by atoms with van der Waals surface area (Å²) in [5.74, 6) is 1.01. The van der Waals surface area contributed by atoms with E-state index in [1.54, 1.807) is 7.11 Å². The molecule has 0 fully saturated rings. The maximum Gasteiger partial charge on any atom is 0.119 e. The van der Waals surface area contributed by atoms with E-state index in [-0.39, 0.29) is 0 Å². The maximum atomic E-state index is 5.65. The fourth-order valence-corrected chi connectivity index (χ4v) is 2.03. The topological polar surface area (TPSA) is 18.5 Å². The van der Waals surface area contributed by atoms with Crippen molar-refractivity contribution in [2.24, 2.45) is 0 Å². The van der Waals surface area contributed by atoms with E-state index in [2.05, 4.69) is 18.2 Å². The summed E-state index contributed by atoms with van der Waals surface area (Å²) in [6.07, 6.45) is 4.69. The lowest BCUT2D eigenvalue weighted by Gasteiger charge is -2.07. The van der Waals surface area contributed by atoms with Crippen molar-refractivity contribution >= 4 is 0 Å². The van der Waals surface area contributed by atoms with Crippen molar-refractivity contribution < 1.29 is 9.47 Å². The number of benzene rings is 1. The van der Waals surface area contributed by atoms with Gasteiger partial charge in [0.1, 0.15) is 5.75 Å². The van der Waals surface area contributed by atoms with E-state index < -0.39 is 0 Å². The first-order chi connectivity index (χ1) is 7.40. The molecular formula is C13H18O2. The predicted octanol–water partition coefficient (Wildman–Crippen LogP) is 2.59. The van der Waals surface area contributed by atoms with Gasteiger partial charge in [-0.25, -0.2) is 0 Å². The van der Waals surface area contributed by atoms with E-state index in [1.165, 1.54) is 30.4 Å². The Kier molecular flexibility index (Phi) is 3.62. The van der Waals surface area contributed by atoms with E-state index in [0.29, 0.717) is 0 Å². The Labute approximate surface area is 91.2 Å². The molecule has 1 aliphatic rings. The third kappa shape index (κ3) is 2.72. The average molecular weight is 206 g/mol. The third-order valence-electron chi connectivity index (χ3n) is 2.83. The minimum Gasteiger partial charge on any atom is -0.493 e. The Hall–Kier alpha value is -1.02. The monoisotopic (exact) mass is 206 g/mol. The zero-order chi connectivity index (χ0) is 10.5. The van der Waals surface area contributed by atoms with Gasteiger partial charge in [0.25, 0.3) is 0 Å². The van der Waals surface area contributed by atoms with Crippen LogP contribution in [0.15, 0.2) is 18.2 Å². The van der Waals surface area contributed by atoms with Crippen molar-refractivity contribution in [3.8, 4) is 5.75 Å². The molecule has 0 saturated heterocycles. The molecular weight excluding hydrogens is 188 g/mol. The van der Waals surface area contributed by atoms with Gasteiger partial charge in [-0.15, -0.1) is 0 Å². The second kappa shape index (κ2) is 5.17. The Morgan fingerprint density at radius 2 is 2.00 bits per heavy atom. The first-order valence-electron chi connectivity index (χ1n) is 5.63. The van der Waals surface area contributed by atoms with Gasteiger partial charge in [0, 0.05) is 20.1 Å². The quantitative estimate of drug-likeness (QED) is 0.689. The van der Waals surface area contributed by atoms with Crippen molar-refractivity contribution in [2.45, 2.75) is 25.7 Å². The van der Waals surface area contributed by atoms with Gasteiger partial charge in [-0.05, 0) is 42.5 Å². The van der Waals surface area contributed by atoms with Crippen LogP contribution in [0.4, 0.5) is 0 Å². The van der Waals surface area contributed by atoms with Gasteiger partial charge in [-0.3, -0.25) is 0 Å². The molecule has 0 atom stereocenters. The molecule has 2 nitrogen and oxygen atoms in total. The van der Waals surface area contributed by atoms with Gasteiger partial charge >= 0.3 is 0 Å². The average Bonchev–Trinajstić information content (AvgIpc) is 2.71. The minimum atomic E-state index is 0.743. The van der Waals surface area contributed by atoms with Crippen molar-refractivity contribution in [3.63, 3.8) is 0 Å². The molecule has 1 aromatic carbocycles. The molecule has 1 aliphatic carbocycles. The Morgan fingerprint density at radius 1 is 1.13 bits per heavy atom. The predicted molar refractivity (Wildman–Crippen MR) is 60.5 cm³/mol. The Morgan fingerprint density at radius 3 is 2.87 bits per heavy atom. The highest BCUT2D eigenvalue weighted by atomic mass is 16.5. The molecule has 2 rings (SSSR count).